The fourth-order valence-corrected chi connectivity index (χ4v) is 5.59. The molecule has 2 aromatic heterocycles. The van der Waals surface area contributed by atoms with Gasteiger partial charge in [0.1, 0.15) is 10.5 Å². The van der Waals surface area contributed by atoms with Gasteiger partial charge in [0.25, 0.3) is 5.91 Å². The Hall–Kier alpha value is -4.18. The number of fused-ring (bicyclic) bond motifs is 2. The molecule has 2 aromatic carbocycles. The summed E-state index contributed by atoms with van der Waals surface area (Å²) in [6, 6.07) is 11.2. The fraction of sp³-hybridized carbons (Fsp3) is 0.310. The molecule has 202 valence electrons. The topological polar surface area (TPSA) is 108 Å². The summed E-state index contributed by atoms with van der Waals surface area (Å²) >= 11 is 1.02. The number of para-hydroxylation sites is 1. The summed E-state index contributed by atoms with van der Waals surface area (Å²) in [5.41, 5.74) is 1.21. The van der Waals surface area contributed by atoms with Gasteiger partial charge >= 0.3 is 5.97 Å². The number of carbonyl (C=O) groups excluding carboxylic acids is 2. The Morgan fingerprint density at radius 3 is 2.62 bits per heavy atom. The van der Waals surface area contributed by atoms with E-state index >= 15 is 0 Å². The molecule has 0 saturated heterocycles. The van der Waals surface area contributed by atoms with Gasteiger partial charge in [0, 0.05) is 0 Å². The highest BCUT2D eigenvalue weighted by Crippen LogP contribution is 2.44. The zero-order valence-electron chi connectivity index (χ0n) is 22.3. The highest BCUT2D eigenvalue weighted by atomic mass is 32.1. The molecule has 1 aliphatic rings. The minimum absolute atomic E-state index is 0.0626. The van der Waals surface area contributed by atoms with Crippen LogP contribution in [-0.4, -0.2) is 37.7 Å². The first-order chi connectivity index (χ1) is 18.7. The van der Waals surface area contributed by atoms with E-state index in [1.54, 1.807) is 49.4 Å². The van der Waals surface area contributed by atoms with E-state index in [-0.39, 0.29) is 26.8 Å². The summed E-state index contributed by atoms with van der Waals surface area (Å²) < 4.78 is 22.5. The summed E-state index contributed by atoms with van der Waals surface area (Å²) in [7, 11) is 2.82. The number of anilines is 1. The van der Waals surface area contributed by atoms with E-state index in [1.165, 1.54) is 19.1 Å². The summed E-state index contributed by atoms with van der Waals surface area (Å²) in [6.45, 7) is 6.43. The van der Waals surface area contributed by atoms with Crippen molar-refractivity contribution in [3.63, 3.8) is 0 Å². The van der Waals surface area contributed by atoms with Crippen LogP contribution in [0.15, 0.2) is 51.7 Å². The Morgan fingerprint density at radius 1 is 1.13 bits per heavy atom. The average Bonchev–Trinajstić information content (AvgIpc) is 3.45. The van der Waals surface area contributed by atoms with E-state index in [4.69, 9.17) is 18.6 Å². The largest absolute Gasteiger partial charge is 0.493 e. The predicted molar refractivity (Wildman–Crippen MR) is 147 cm³/mol. The second kappa shape index (κ2) is 10.5. The zero-order chi connectivity index (χ0) is 27.8. The third kappa shape index (κ3) is 4.65. The summed E-state index contributed by atoms with van der Waals surface area (Å²) in [5.74, 6) is 0.359. The molecule has 1 amide bonds. The third-order valence-electron chi connectivity index (χ3n) is 6.60. The number of ether oxygens (including phenoxy) is 3. The van der Waals surface area contributed by atoms with Gasteiger partial charge in [0.2, 0.25) is 5.76 Å². The SMILES string of the molecule is COC(=O)c1sc(N2C(=O)c3oc4ccccc4c(=O)c3C2c2ccc(OCCC(C)C)c(OC)c2)nc1C. The van der Waals surface area contributed by atoms with Crippen molar-refractivity contribution < 1.29 is 28.2 Å². The molecule has 0 aliphatic carbocycles. The van der Waals surface area contributed by atoms with Gasteiger partial charge in [0.15, 0.2) is 22.1 Å². The monoisotopic (exact) mass is 548 g/mol. The molecule has 10 heteroatoms. The van der Waals surface area contributed by atoms with Crippen molar-refractivity contribution in [1.82, 2.24) is 4.98 Å². The standard InChI is InChI=1S/C29H28N2O7S/c1-15(2)12-13-37-20-11-10-17(14-21(20)35-4)23-22-24(32)18-8-6-7-9-19(18)38-25(22)27(33)31(23)29-30-16(3)26(39-29)28(34)36-5/h6-11,14-15,23H,12-13H2,1-5H3. The first-order valence-corrected chi connectivity index (χ1v) is 13.3. The number of methoxy groups -OCH3 is 2. The Labute approximate surface area is 228 Å². The molecule has 1 aliphatic heterocycles. The van der Waals surface area contributed by atoms with Gasteiger partial charge < -0.3 is 18.6 Å². The molecule has 0 radical (unpaired) electrons. The lowest BCUT2D eigenvalue weighted by Crippen LogP contribution is -2.29. The number of esters is 1. The smallest absolute Gasteiger partial charge is 0.350 e. The molecule has 5 rings (SSSR count). The van der Waals surface area contributed by atoms with Crippen molar-refractivity contribution in [3.8, 4) is 11.5 Å². The van der Waals surface area contributed by atoms with Crippen LogP contribution in [0, 0.1) is 12.8 Å². The highest BCUT2D eigenvalue weighted by molar-refractivity contribution is 7.17. The number of amides is 1. The predicted octanol–water partition coefficient (Wildman–Crippen LogP) is 5.53. The van der Waals surface area contributed by atoms with E-state index < -0.39 is 17.9 Å². The number of benzene rings is 2. The maximum Gasteiger partial charge on any atom is 0.350 e. The molecule has 39 heavy (non-hydrogen) atoms. The van der Waals surface area contributed by atoms with E-state index in [9.17, 15) is 14.4 Å². The van der Waals surface area contributed by atoms with Gasteiger partial charge in [-0.3, -0.25) is 14.5 Å². The normalized spacial score (nSPS) is 14.7. The molecule has 0 saturated carbocycles. The number of aryl methyl sites for hydroxylation is 1. The molecule has 0 fully saturated rings. The van der Waals surface area contributed by atoms with Crippen LogP contribution in [0.25, 0.3) is 11.0 Å². The number of hydrogen-bond donors (Lipinski definition) is 0. The molecule has 3 heterocycles. The van der Waals surface area contributed by atoms with E-state index in [1.807, 2.05) is 0 Å². The molecule has 0 spiro atoms. The van der Waals surface area contributed by atoms with Gasteiger partial charge in [-0.25, -0.2) is 9.78 Å². The molecule has 9 nitrogen and oxygen atoms in total. The van der Waals surface area contributed by atoms with E-state index in [2.05, 4.69) is 18.8 Å². The molecule has 1 atom stereocenters. The third-order valence-corrected chi connectivity index (χ3v) is 7.73. The first kappa shape index (κ1) is 26.4. The molecule has 4 aromatic rings. The quantitative estimate of drug-likeness (QED) is 0.265. The maximum absolute atomic E-state index is 13.9. The molecular formula is C29H28N2O7S. The van der Waals surface area contributed by atoms with Crippen molar-refractivity contribution >= 4 is 39.3 Å². The van der Waals surface area contributed by atoms with Gasteiger partial charge in [-0.05, 0) is 49.1 Å². The average molecular weight is 549 g/mol. The Kier molecular flexibility index (Phi) is 7.14. The summed E-state index contributed by atoms with van der Waals surface area (Å²) in [6.07, 6.45) is 0.878. The first-order valence-electron chi connectivity index (χ1n) is 12.5. The van der Waals surface area contributed by atoms with Crippen molar-refractivity contribution in [3.05, 3.63) is 80.1 Å². The second-order valence-electron chi connectivity index (χ2n) is 9.59. The zero-order valence-corrected chi connectivity index (χ0v) is 23.1. The Morgan fingerprint density at radius 2 is 1.90 bits per heavy atom. The van der Waals surface area contributed by atoms with E-state index in [0.29, 0.717) is 46.3 Å². The van der Waals surface area contributed by atoms with Crippen LogP contribution < -0.4 is 19.8 Å². The van der Waals surface area contributed by atoms with Crippen molar-refractivity contribution in [2.75, 3.05) is 25.7 Å². The summed E-state index contributed by atoms with van der Waals surface area (Å²) in [5, 5.41) is 0.607. The number of nitrogens with zero attached hydrogens (tertiary/aromatic N) is 2. The molecular weight excluding hydrogens is 520 g/mol. The van der Waals surface area contributed by atoms with E-state index in [0.717, 1.165) is 17.8 Å². The molecule has 0 N–H and O–H groups in total. The summed E-state index contributed by atoms with van der Waals surface area (Å²) in [4.78, 5) is 46.1. The minimum Gasteiger partial charge on any atom is -0.493 e. The lowest BCUT2D eigenvalue weighted by molar-refractivity contribution is 0.0605. The number of hydrogen-bond acceptors (Lipinski definition) is 9. The second-order valence-corrected chi connectivity index (χ2v) is 10.6. The highest BCUT2D eigenvalue weighted by Gasteiger charge is 2.45. The van der Waals surface area contributed by atoms with Gasteiger partial charge in [0.05, 0.1) is 43.5 Å². The van der Waals surface area contributed by atoms with Gasteiger partial charge in [-0.15, -0.1) is 0 Å². The van der Waals surface area contributed by atoms with Crippen LogP contribution in [0.1, 0.15) is 63.4 Å². The van der Waals surface area contributed by atoms with Crippen LogP contribution in [0.2, 0.25) is 0 Å². The van der Waals surface area contributed by atoms with Crippen LogP contribution in [0.5, 0.6) is 11.5 Å². The van der Waals surface area contributed by atoms with Gasteiger partial charge in [-0.2, -0.15) is 0 Å². The lowest BCUT2D eigenvalue weighted by Gasteiger charge is -2.23. The Balaban J connectivity index is 1.68. The number of thiazole rings is 1. The number of carbonyl (C=O) groups is 2. The van der Waals surface area contributed by atoms with Crippen LogP contribution in [-0.2, 0) is 4.74 Å². The number of rotatable bonds is 8. The minimum atomic E-state index is -0.872. The van der Waals surface area contributed by atoms with Crippen LogP contribution in [0.3, 0.4) is 0 Å². The van der Waals surface area contributed by atoms with Crippen molar-refractivity contribution in [1.29, 1.82) is 0 Å². The van der Waals surface area contributed by atoms with Crippen molar-refractivity contribution in [2.45, 2.75) is 33.2 Å². The van der Waals surface area contributed by atoms with Crippen LogP contribution >= 0.6 is 11.3 Å². The fourth-order valence-electron chi connectivity index (χ4n) is 4.58. The van der Waals surface area contributed by atoms with Crippen molar-refractivity contribution in [2.24, 2.45) is 5.92 Å². The lowest BCUT2D eigenvalue weighted by atomic mass is 9.98. The molecule has 0 bridgehead atoms. The maximum atomic E-state index is 13.9. The van der Waals surface area contributed by atoms with Gasteiger partial charge in [-0.1, -0.05) is 43.4 Å². The number of aromatic nitrogens is 1. The van der Waals surface area contributed by atoms with Crippen LogP contribution in [0.4, 0.5) is 5.13 Å². The molecule has 1 unspecified atom stereocenters. The Bertz CT molecular complexity index is 1640.